The molecule has 1 atom stereocenters. The van der Waals surface area contributed by atoms with E-state index in [0.29, 0.717) is 12.6 Å². The van der Waals surface area contributed by atoms with Crippen LogP contribution in [0.4, 0.5) is 5.69 Å². The molecule has 2 aromatic carbocycles. The predicted molar refractivity (Wildman–Crippen MR) is 75.6 cm³/mol. The average molecular weight is 238 g/mol. The third-order valence-electron chi connectivity index (χ3n) is 3.82. The molecule has 0 bridgehead atoms. The summed E-state index contributed by atoms with van der Waals surface area (Å²) in [6.45, 7) is 3.81. The van der Waals surface area contributed by atoms with Crippen LogP contribution in [0.5, 0.6) is 0 Å². The molecule has 1 unspecified atom stereocenters. The second-order valence-corrected chi connectivity index (χ2v) is 4.86. The minimum absolute atomic E-state index is 0.308. The molecule has 0 radical (unpaired) electrons. The standard InChI is InChI=1S/C16H18N2/c1-12-6-5-9-14-15(12)11-18(16(14)10-17)13-7-3-2-4-8-13/h2-9,16H,10-11,17H2,1H3. The molecule has 0 fully saturated rings. The summed E-state index contributed by atoms with van der Waals surface area (Å²) in [5, 5.41) is 0. The topological polar surface area (TPSA) is 29.3 Å². The molecule has 2 N–H and O–H groups in total. The van der Waals surface area contributed by atoms with E-state index in [1.807, 2.05) is 0 Å². The van der Waals surface area contributed by atoms with Gasteiger partial charge in [-0.2, -0.15) is 0 Å². The summed E-state index contributed by atoms with van der Waals surface area (Å²) >= 11 is 0. The maximum atomic E-state index is 5.98. The first-order valence-electron chi connectivity index (χ1n) is 6.41. The Morgan fingerprint density at radius 1 is 1.11 bits per heavy atom. The highest BCUT2D eigenvalue weighted by Gasteiger charge is 2.29. The lowest BCUT2D eigenvalue weighted by Gasteiger charge is -2.26. The summed E-state index contributed by atoms with van der Waals surface area (Å²) in [4.78, 5) is 2.40. The number of benzene rings is 2. The van der Waals surface area contributed by atoms with Gasteiger partial charge in [-0.25, -0.2) is 0 Å². The summed E-state index contributed by atoms with van der Waals surface area (Å²) in [5.74, 6) is 0. The van der Waals surface area contributed by atoms with Crippen LogP contribution in [0.3, 0.4) is 0 Å². The first-order valence-corrected chi connectivity index (χ1v) is 6.41. The van der Waals surface area contributed by atoms with Crippen molar-refractivity contribution in [3.8, 4) is 0 Å². The van der Waals surface area contributed by atoms with Crippen LogP contribution >= 0.6 is 0 Å². The van der Waals surface area contributed by atoms with Crippen molar-refractivity contribution in [2.45, 2.75) is 19.5 Å². The van der Waals surface area contributed by atoms with E-state index >= 15 is 0 Å². The Balaban J connectivity index is 2.04. The van der Waals surface area contributed by atoms with E-state index in [1.54, 1.807) is 0 Å². The molecule has 1 aliphatic rings. The molecule has 1 heterocycles. The largest absolute Gasteiger partial charge is 0.359 e. The minimum atomic E-state index is 0.308. The van der Waals surface area contributed by atoms with Crippen LogP contribution in [0, 0.1) is 6.92 Å². The molecule has 0 saturated carbocycles. The van der Waals surface area contributed by atoms with Gasteiger partial charge in [-0.1, -0.05) is 36.4 Å². The number of fused-ring (bicyclic) bond motifs is 1. The Kier molecular flexibility index (Phi) is 2.80. The average Bonchev–Trinajstić information content (AvgIpc) is 2.80. The summed E-state index contributed by atoms with van der Waals surface area (Å²) in [5.41, 5.74) is 11.4. The maximum Gasteiger partial charge on any atom is 0.0672 e. The molecule has 0 spiro atoms. The van der Waals surface area contributed by atoms with Gasteiger partial charge in [0.05, 0.1) is 6.04 Å². The number of nitrogens with zero attached hydrogens (tertiary/aromatic N) is 1. The van der Waals surface area contributed by atoms with E-state index in [-0.39, 0.29) is 0 Å². The zero-order valence-electron chi connectivity index (χ0n) is 10.6. The zero-order chi connectivity index (χ0) is 12.5. The van der Waals surface area contributed by atoms with Gasteiger partial charge in [0.2, 0.25) is 0 Å². The summed E-state index contributed by atoms with van der Waals surface area (Å²) in [6, 6.07) is 17.4. The normalized spacial score (nSPS) is 17.9. The van der Waals surface area contributed by atoms with Crippen LogP contribution in [0.25, 0.3) is 0 Å². The smallest absolute Gasteiger partial charge is 0.0672 e. The monoisotopic (exact) mass is 238 g/mol. The van der Waals surface area contributed by atoms with Crippen LogP contribution < -0.4 is 10.6 Å². The molecular weight excluding hydrogens is 220 g/mol. The molecule has 0 saturated heterocycles. The third kappa shape index (κ3) is 1.70. The van der Waals surface area contributed by atoms with Gasteiger partial charge in [0, 0.05) is 18.8 Å². The van der Waals surface area contributed by atoms with Gasteiger partial charge in [0.25, 0.3) is 0 Å². The maximum absolute atomic E-state index is 5.98. The second-order valence-electron chi connectivity index (χ2n) is 4.86. The third-order valence-corrected chi connectivity index (χ3v) is 3.82. The van der Waals surface area contributed by atoms with Gasteiger partial charge in [-0.3, -0.25) is 0 Å². The fourth-order valence-electron chi connectivity index (χ4n) is 2.85. The quantitative estimate of drug-likeness (QED) is 0.871. The van der Waals surface area contributed by atoms with Crippen molar-refractivity contribution >= 4 is 5.69 Å². The second kappa shape index (κ2) is 4.46. The molecule has 92 valence electrons. The molecule has 0 aromatic heterocycles. The van der Waals surface area contributed by atoms with Crippen molar-refractivity contribution < 1.29 is 0 Å². The zero-order valence-corrected chi connectivity index (χ0v) is 10.6. The molecule has 1 aliphatic heterocycles. The molecular formula is C16H18N2. The lowest BCUT2D eigenvalue weighted by Crippen LogP contribution is -2.27. The Morgan fingerprint density at radius 2 is 1.89 bits per heavy atom. The predicted octanol–water partition coefficient (Wildman–Crippen LogP) is 3.02. The van der Waals surface area contributed by atoms with Crippen molar-refractivity contribution in [2.24, 2.45) is 5.73 Å². The van der Waals surface area contributed by atoms with Gasteiger partial charge >= 0.3 is 0 Å². The molecule has 0 aliphatic carbocycles. The first-order chi connectivity index (χ1) is 8.81. The van der Waals surface area contributed by atoms with Gasteiger partial charge < -0.3 is 10.6 Å². The van der Waals surface area contributed by atoms with Crippen molar-refractivity contribution in [1.29, 1.82) is 0 Å². The summed E-state index contributed by atoms with van der Waals surface area (Å²) in [6.07, 6.45) is 0. The van der Waals surface area contributed by atoms with Gasteiger partial charge in [-0.05, 0) is 35.7 Å². The Morgan fingerprint density at radius 3 is 2.61 bits per heavy atom. The van der Waals surface area contributed by atoms with E-state index < -0.39 is 0 Å². The van der Waals surface area contributed by atoms with E-state index in [4.69, 9.17) is 5.73 Å². The van der Waals surface area contributed by atoms with E-state index in [1.165, 1.54) is 22.4 Å². The number of hydrogen-bond donors (Lipinski definition) is 1. The highest BCUT2D eigenvalue weighted by Crippen LogP contribution is 2.37. The highest BCUT2D eigenvalue weighted by molar-refractivity contribution is 5.56. The van der Waals surface area contributed by atoms with E-state index in [2.05, 4.69) is 60.4 Å². The lowest BCUT2D eigenvalue weighted by atomic mass is 10.0. The number of aryl methyl sites for hydroxylation is 1. The molecule has 18 heavy (non-hydrogen) atoms. The molecule has 3 rings (SSSR count). The van der Waals surface area contributed by atoms with Gasteiger partial charge in [0.15, 0.2) is 0 Å². The number of rotatable bonds is 2. The molecule has 2 nitrogen and oxygen atoms in total. The summed E-state index contributed by atoms with van der Waals surface area (Å²) < 4.78 is 0. The lowest BCUT2D eigenvalue weighted by molar-refractivity contribution is 0.679. The number of para-hydroxylation sites is 1. The molecule has 0 amide bonds. The van der Waals surface area contributed by atoms with Crippen molar-refractivity contribution in [3.63, 3.8) is 0 Å². The van der Waals surface area contributed by atoms with Crippen molar-refractivity contribution in [2.75, 3.05) is 11.4 Å². The Hall–Kier alpha value is -1.80. The fourth-order valence-corrected chi connectivity index (χ4v) is 2.85. The Bertz CT molecular complexity index is 548. The van der Waals surface area contributed by atoms with Crippen molar-refractivity contribution in [1.82, 2.24) is 0 Å². The van der Waals surface area contributed by atoms with Crippen LogP contribution in [0.2, 0.25) is 0 Å². The SMILES string of the molecule is Cc1cccc2c1CN(c1ccccc1)C2CN. The van der Waals surface area contributed by atoms with Crippen LogP contribution in [0.15, 0.2) is 48.5 Å². The number of hydrogen-bond acceptors (Lipinski definition) is 2. The minimum Gasteiger partial charge on any atom is -0.359 e. The van der Waals surface area contributed by atoms with Gasteiger partial charge in [-0.15, -0.1) is 0 Å². The molecule has 2 heteroatoms. The number of anilines is 1. The molecule has 2 aromatic rings. The summed E-state index contributed by atoms with van der Waals surface area (Å²) in [7, 11) is 0. The number of nitrogens with two attached hydrogens (primary N) is 1. The van der Waals surface area contributed by atoms with Gasteiger partial charge in [0.1, 0.15) is 0 Å². The van der Waals surface area contributed by atoms with E-state index in [9.17, 15) is 0 Å². The van der Waals surface area contributed by atoms with Crippen LogP contribution in [0.1, 0.15) is 22.7 Å². The van der Waals surface area contributed by atoms with Crippen LogP contribution in [-0.2, 0) is 6.54 Å². The fraction of sp³-hybridized carbons (Fsp3) is 0.250. The van der Waals surface area contributed by atoms with Crippen LogP contribution in [-0.4, -0.2) is 6.54 Å². The highest BCUT2D eigenvalue weighted by atomic mass is 15.2. The van der Waals surface area contributed by atoms with E-state index in [0.717, 1.165) is 6.54 Å². The first kappa shape index (κ1) is 11.3. The Labute approximate surface area is 108 Å². The van der Waals surface area contributed by atoms with Crippen molar-refractivity contribution in [3.05, 3.63) is 65.2 Å².